The summed E-state index contributed by atoms with van der Waals surface area (Å²) in [6, 6.07) is 18.3. The second-order valence-electron chi connectivity index (χ2n) is 6.94. The lowest BCUT2D eigenvalue weighted by molar-refractivity contribution is 0.306. The highest BCUT2D eigenvalue weighted by Gasteiger charge is 2.13. The molecule has 0 radical (unpaired) electrons. The number of rotatable bonds is 9. The predicted octanol–water partition coefficient (Wildman–Crippen LogP) is 4.86. The van der Waals surface area contributed by atoms with E-state index in [0.29, 0.717) is 19.7 Å². The van der Waals surface area contributed by atoms with Crippen molar-refractivity contribution >= 4 is 29.9 Å². The number of benzene rings is 2. The van der Waals surface area contributed by atoms with Crippen LogP contribution in [0.3, 0.4) is 0 Å². The quantitative estimate of drug-likeness (QED) is 0.233. The molecule has 0 aliphatic carbocycles. The Kier molecular flexibility index (Phi) is 10.4. The molecule has 7 heteroatoms. The van der Waals surface area contributed by atoms with Gasteiger partial charge < -0.3 is 19.9 Å². The van der Waals surface area contributed by atoms with Crippen LogP contribution in [0.15, 0.2) is 64.1 Å². The number of nitrogens with one attached hydrogen (secondary N) is 2. The fourth-order valence-corrected chi connectivity index (χ4v) is 3.20. The standard InChI is InChI=1S/C24H30N4O2.HI/c1-4-22-21(23(5-2)30-28-22)16-27-24(25-3)26-15-19-12-9-13-20(14-19)29-17-18-10-7-6-8-11-18;/h6-14H,4-5,15-17H2,1-3H3,(H2,25,26,27);1H. The Hall–Kier alpha value is -2.55. The average molecular weight is 534 g/mol. The fourth-order valence-electron chi connectivity index (χ4n) is 3.20. The van der Waals surface area contributed by atoms with Gasteiger partial charge in [-0.25, -0.2) is 0 Å². The molecule has 0 spiro atoms. The van der Waals surface area contributed by atoms with E-state index in [1.807, 2.05) is 36.4 Å². The van der Waals surface area contributed by atoms with Crippen LogP contribution in [0.4, 0.5) is 0 Å². The molecular formula is C24H31IN4O2. The van der Waals surface area contributed by atoms with Crippen molar-refractivity contribution in [1.82, 2.24) is 15.8 Å². The van der Waals surface area contributed by atoms with Gasteiger partial charge in [0.25, 0.3) is 0 Å². The first-order chi connectivity index (χ1) is 14.7. The van der Waals surface area contributed by atoms with Crippen molar-refractivity contribution in [3.63, 3.8) is 0 Å². The molecule has 0 atom stereocenters. The van der Waals surface area contributed by atoms with Gasteiger partial charge in [0.2, 0.25) is 0 Å². The van der Waals surface area contributed by atoms with Gasteiger partial charge in [-0.1, -0.05) is 61.5 Å². The highest BCUT2D eigenvalue weighted by atomic mass is 127. The van der Waals surface area contributed by atoms with Gasteiger partial charge in [-0.3, -0.25) is 4.99 Å². The zero-order valence-corrected chi connectivity index (χ0v) is 20.7. The van der Waals surface area contributed by atoms with E-state index >= 15 is 0 Å². The monoisotopic (exact) mass is 534 g/mol. The lowest BCUT2D eigenvalue weighted by Gasteiger charge is -2.13. The van der Waals surface area contributed by atoms with E-state index in [4.69, 9.17) is 9.26 Å². The summed E-state index contributed by atoms with van der Waals surface area (Å²) in [5, 5.41) is 10.9. The van der Waals surface area contributed by atoms with Crippen molar-refractivity contribution in [1.29, 1.82) is 0 Å². The van der Waals surface area contributed by atoms with Crippen molar-refractivity contribution in [2.45, 2.75) is 46.4 Å². The highest BCUT2D eigenvalue weighted by Crippen LogP contribution is 2.16. The SMILES string of the molecule is CCc1noc(CC)c1CNC(=NC)NCc1cccc(OCc2ccccc2)c1.I. The smallest absolute Gasteiger partial charge is 0.191 e. The zero-order chi connectivity index (χ0) is 21.2. The molecule has 6 nitrogen and oxygen atoms in total. The molecule has 3 rings (SSSR count). The number of halogens is 1. The molecule has 0 bridgehead atoms. The van der Waals surface area contributed by atoms with Crippen LogP contribution in [0.1, 0.15) is 42.0 Å². The summed E-state index contributed by atoms with van der Waals surface area (Å²) in [5.41, 5.74) is 4.39. The largest absolute Gasteiger partial charge is 0.489 e. The van der Waals surface area contributed by atoms with Gasteiger partial charge in [0, 0.05) is 32.1 Å². The molecule has 0 aliphatic rings. The minimum Gasteiger partial charge on any atom is -0.489 e. The van der Waals surface area contributed by atoms with Crippen molar-refractivity contribution in [2.75, 3.05) is 7.05 Å². The number of aliphatic imine (C=N–C) groups is 1. The van der Waals surface area contributed by atoms with Gasteiger partial charge in [-0.15, -0.1) is 24.0 Å². The maximum absolute atomic E-state index is 5.92. The summed E-state index contributed by atoms with van der Waals surface area (Å²) in [4.78, 5) is 4.32. The normalized spacial score (nSPS) is 11.0. The Morgan fingerprint density at radius 2 is 1.71 bits per heavy atom. The maximum Gasteiger partial charge on any atom is 0.191 e. The van der Waals surface area contributed by atoms with E-state index < -0.39 is 0 Å². The average Bonchev–Trinajstić information content (AvgIpc) is 3.21. The van der Waals surface area contributed by atoms with E-state index in [-0.39, 0.29) is 24.0 Å². The van der Waals surface area contributed by atoms with Gasteiger partial charge in [0.05, 0.1) is 5.69 Å². The topological polar surface area (TPSA) is 71.7 Å². The second-order valence-corrected chi connectivity index (χ2v) is 6.94. The molecule has 0 amide bonds. The van der Waals surface area contributed by atoms with Gasteiger partial charge >= 0.3 is 0 Å². The van der Waals surface area contributed by atoms with Gasteiger partial charge in [0.1, 0.15) is 18.1 Å². The molecule has 0 saturated heterocycles. The van der Waals surface area contributed by atoms with Crippen LogP contribution in [-0.4, -0.2) is 18.2 Å². The molecule has 0 unspecified atom stereocenters. The van der Waals surface area contributed by atoms with E-state index in [9.17, 15) is 0 Å². The summed E-state index contributed by atoms with van der Waals surface area (Å²) in [6.07, 6.45) is 1.67. The Morgan fingerprint density at radius 1 is 0.968 bits per heavy atom. The summed E-state index contributed by atoms with van der Waals surface area (Å²) >= 11 is 0. The van der Waals surface area contributed by atoms with Crippen LogP contribution >= 0.6 is 24.0 Å². The molecule has 1 aromatic heterocycles. The van der Waals surface area contributed by atoms with Gasteiger partial charge in [-0.05, 0) is 29.7 Å². The number of hydrogen-bond acceptors (Lipinski definition) is 4. The van der Waals surface area contributed by atoms with E-state index in [0.717, 1.165) is 52.7 Å². The molecule has 1 heterocycles. The Morgan fingerprint density at radius 3 is 2.42 bits per heavy atom. The number of aromatic nitrogens is 1. The summed E-state index contributed by atoms with van der Waals surface area (Å²) < 4.78 is 11.4. The van der Waals surface area contributed by atoms with Crippen LogP contribution in [0.2, 0.25) is 0 Å². The predicted molar refractivity (Wildman–Crippen MR) is 135 cm³/mol. The Bertz CT molecular complexity index is 936. The van der Waals surface area contributed by atoms with E-state index in [1.54, 1.807) is 7.05 Å². The van der Waals surface area contributed by atoms with Crippen LogP contribution in [0.25, 0.3) is 0 Å². The lowest BCUT2D eigenvalue weighted by atomic mass is 10.1. The van der Waals surface area contributed by atoms with Crippen molar-refractivity contribution in [3.8, 4) is 5.75 Å². The molecular weight excluding hydrogens is 503 g/mol. The highest BCUT2D eigenvalue weighted by molar-refractivity contribution is 14.0. The lowest BCUT2D eigenvalue weighted by Crippen LogP contribution is -2.36. The summed E-state index contributed by atoms with van der Waals surface area (Å²) in [6.45, 7) is 5.99. The summed E-state index contributed by atoms with van der Waals surface area (Å²) in [5.74, 6) is 2.51. The maximum atomic E-state index is 5.92. The molecule has 0 saturated carbocycles. The van der Waals surface area contributed by atoms with Crippen LogP contribution in [0.5, 0.6) is 5.75 Å². The third kappa shape index (κ3) is 7.27. The molecule has 2 N–H and O–H groups in total. The number of hydrogen-bond donors (Lipinski definition) is 2. The molecule has 0 aliphatic heterocycles. The van der Waals surface area contributed by atoms with Gasteiger partial charge in [-0.2, -0.15) is 0 Å². The van der Waals surface area contributed by atoms with Crippen LogP contribution < -0.4 is 15.4 Å². The molecule has 2 aromatic carbocycles. The van der Waals surface area contributed by atoms with E-state index in [1.165, 1.54) is 0 Å². The van der Waals surface area contributed by atoms with Crippen LogP contribution in [-0.2, 0) is 32.5 Å². The second kappa shape index (κ2) is 13.0. The number of nitrogens with zero attached hydrogens (tertiary/aromatic N) is 2. The minimum atomic E-state index is 0. The Labute approximate surface area is 201 Å². The first-order valence-corrected chi connectivity index (χ1v) is 10.4. The third-order valence-electron chi connectivity index (χ3n) is 4.87. The molecule has 31 heavy (non-hydrogen) atoms. The van der Waals surface area contributed by atoms with Crippen molar-refractivity contribution in [3.05, 3.63) is 82.7 Å². The summed E-state index contributed by atoms with van der Waals surface area (Å²) in [7, 11) is 1.77. The van der Waals surface area contributed by atoms with Gasteiger partial charge in [0.15, 0.2) is 5.96 Å². The Balaban J connectivity index is 0.00000341. The first-order valence-electron chi connectivity index (χ1n) is 10.4. The fraction of sp³-hybridized carbons (Fsp3) is 0.333. The van der Waals surface area contributed by atoms with Crippen molar-refractivity contribution < 1.29 is 9.26 Å². The minimum absolute atomic E-state index is 0. The number of aryl methyl sites for hydroxylation is 2. The molecule has 166 valence electrons. The third-order valence-corrected chi connectivity index (χ3v) is 4.87. The molecule has 0 fully saturated rings. The zero-order valence-electron chi connectivity index (χ0n) is 18.4. The van der Waals surface area contributed by atoms with Crippen LogP contribution in [0, 0.1) is 0 Å². The number of ether oxygens (including phenoxy) is 1. The number of guanidine groups is 1. The first kappa shape index (κ1) is 24.7. The van der Waals surface area contributed by atoms with E-state index in [2.05, 4.69) is 52.8 Å². The molecule has 3 aromatic rings. The van der Waals surface area contributed by atoms with Crippen molar-refractivity contribution in [2.24, 2.45) is 4.99 Å².